The molecule has 1 amide bonds. The molecule has 0 bridgehead atoms. The topological polar surface area (TPSA) is 124 Å². The second kappa shape index (κ2) is 14.2. The highest BCUT2D eigenvalue weighted by Crippen LogP contribution is 2.31. The number of amides is 1. The summed E-state index contributed by atoms with van der Waals surface area (Å²) in [6.45, 7) is 5.52. The first kappa shape index (κ1) is 33.0. The van der Waals surface area contributed by atoms with Crippen LogP contribution in [0.4, 0.5) is 26.3 Å². The van der Waals surface area contributed by atoms with Gasteiger partial charge in [-0.2, -0.15) is 26.3 Å². The van der Waals surface area contributed by atoms with Crippen molar-refractivity contribution in [1.29, 1.82) is 0 Å². The molecular weight excluding hydrogens is 530 g/mol. The first-order chi connectivity index (χ1) is 17.4. The Balaban J connectivity index is 0.000000426. The van der Waals surface area contributed by atoms with Gasteiger partial charge in [-0.15, -0.1) is 0 Å². The van der Waals surface area contributed by atoms with Crippen LogP contribution in [0, 0.1) is 0 Å². The summed E-state index contributed by atoms with van der Waals surface area (Å²) in [5, 5.41) is 14.2. The minimum Gasteiger partial charge on any atom is -0.475 e. The maximum absolute atomic E-state index is 12.1. The van der Waals surface area contributed by atoms with Gasteiger partial charge in [-0.1, -0.05) is 6.07 Å². The SMILES string of the molecule is CN(C)CCN1CC2(CCN(Cc3ccccn3)CC2)OCC1=O.O=C(O)C(F)(F)F.O=C(O)C(F)(F)F. The summed E-state index contributed by atoms with van der Waals surface area (Å²) >= 11 is 0. The zero-order valence-corrected chi connectivity index (χ0v) is 20.8. The van der Waals surface area contributed by atoms with Gasteiger partial charge in [0, 0.05) is 45.5 Å². The molecule has 2 aliphatic heterocycles. The van der Waals surface area contributed by atoms with Gasteiger partial charge in [0.15, 0.2) is 0 Å². The van der Waals surface area contributed by atoms with Gasteiger partial charge < -0.3 is 24.7 Å². The zero-order chi connectivity index (χ0) is 29.1. The molecule has 1 spiro atoms. The Hall–Kier alpha value is -2.98. The molecule has 216 valence electrons. The highest BCUT2D eigenvalue weighted by atomic mass is 19.4. The number of nitrogens with zero attached hydrogens (tertiary/aromatic N) is 4. The number of carboxylic acid groups (broad SMARTS) is 2. The summed E-state index contributed by atoms with van der Waals surface area (Å²) in [6, 6.07) is 6.05. The molecule has 3 rings (SSSR count). The van der Waals surface area contributed by atoms with Crippen LogP contribution in [0.25, 0.3) is 0 Å². The molecule has 0 atom stereocenters. The number of piperidine rings is 1. The lowest BCUT2D eigenvalue weighted by Gasteiger charge is -2.47. The van der Waals surface area contributed by atoms with Crippen LogP contribution in [-0.4, -0.2) is 119 Å². The van der Waals surface area contributed by atoms with E-state index in [0.29, 0.717) is 0 Å². The largest absolute Gasteiger partial charge is 0.490 e. The number of carbonyl (C=O) groups excluding carboxylic acids is 1. The highest BCUT2D eigenvalue weighted by Gasteiger charge is 2.42. The lowest BCUT2D eigenvalue weighted by atomic mass is 9.89. The van der Waals surface area contributed by atoms with E-state index < -0.39 is 24.3 Å². The molecule has 3 heterocycles. The predicted molar refractivity (Wildman–Crippen MR) is 120 cm³/mol. The van der Waals surface area contributed by atoms with Gasteiger partial charge in [-0.3, -0.25) is 14.7 Å². The van der Waals surface area contributed by atoms with Crippen LogP contribution in [0.15, 0.2) is 24.4 Å². The Morgan fingerprint density at radius 2 is 1.58 bits per heavy atom. The predicted octanol–water partition coefficient (Wildman–Crippen LogP) is 2.10. The van der Waals surface area contributed by atoms with E-state index in [1.807, 2.05) is 37.3 Å². The molecule has 2 saturated heterocycles. The lowest BCUT2D eigenvalue weighted by Crippen LogP contribution is -2.59. The van der Waals surface area contributed by atoms with E-state index in [9.17, 15) is 31.1 Å². The number of morpholine rings is 1. The van der Waals surface area contributed by atoms with Crippen molar-refractivity contribution in [3.05, 3.63) is 30.1 Å². The van der Waals surface area contributed by atoms with Crippen molar-refractivity contribution in [3.63, 3.8) is 0 Å². The van der Waals surface area contributed by atoms with Crippen molar-refractivity contribution in [2.24, 2.45) is 0 Å². The van der Waals surface area contributed by atoms with Crippen LogP contribution in [0.1, 0.15) is 18.5 Å². The summed E-state index contributed by atoms with van der Waals surface area (Å²) in [5.41, 5.74) is 0.960. The van der Waals surface area contributed by atoms with Crippen molar-refractivity contribution >= 4 is 17.8 Å². The lowest BCUT2D eigenvalue weighted by molar-refractivity contribution is -0.193. The van der Waals surface area contributed by atoms with Crippen LogP contribution in [-0.2, 0) is 25.7 Å². The molecular formula is C22H30F6N4O6. The van der Waals surface area contributed by atoms with Crippen molar-refractivity contribution in [2.45, 2.75) is 37.3 Å². The number of halogens is 6. The number of aromatic nitrogens is 1. The number of rotatable bonds is 5. The van der Waals surface area contributed by atoms with Crippen molar-refractivity contribution in [1.82, 2.24) is 19.7 Å². The minimum absolute atomic E-state index is 0.124. The highest BCUT2D eigenvalue weighted by molar-refractivity contribution is 5.78. The van der Waals surface area contributed by atoms with Gasteiger partial charge >= 0.3 is 24.3 Å². The first-order valence-electron chi connectivity index (χ1n) is 11.2. The van der Waals surface area contributed by atoms with Gasteiger partial charge in [0.05, 0.1) is 11.3 Å². The smallest absolute Gasteiger partial charge is 0.475 e. The van der Waals surface area contributed by atoms with Crippen LogP contribution in [0.5, 0.6) is 0 Å². The quantitative estimate of drug-likeness (QED) is 0.522. The molecule has 38 heavy (non-hydrogen) atoms. The van der Waals surface area contributed by atoms with Gasteiger partial charge in [0.25, 0.3) is 0 Å². The van der Waals surface area contributed by atoms with E-state index in [-0.39, 0.29) is 18.1 Å². The normalized spacial score (nSPS) is 17.8. The van der Waals surface area contributed by atoms with Crippen LogP contribution in [0.2, 0.25) is 0 Å². The van der Waals surface area contributed by atoms with Gasteiger partial charge in [0.1, 0.15) is 6.61 Å². The maximum Gasteiger partial charge on any atom is 0.490 e. The Morgan fingerprint density at radius 1 is 1.05 bits per heavy atom. The van der Waals surface area contributed by atoms with Gasteiger partial charge in [-0.25, -0.2) is 9.59 Å². The number of carbonyl (C=O) groups is 3. The van der Waals surface area contributed by atoms with Gasteiger partial charge in [0.2, 0.25) is 5.91 Å². The van der Waals surface area contributed by atoms with Crippen LogP contribution in [0.3, 0.4) is 0 Å². The molecule has 0 radical (unpaired) electrons. The Kier molecular flexibility index (Phi) is 12.4. The van der Waals surface area contributed by atoms with E-state index in [1.165, 1.54) is 0 Å². The number of ether oxygens (including phenoxy) is 1. The van der Waals surface area contributed by atoms with Crippen molar-refractivity contribution in [3.8, 4) is 0 Å². The number of aliphatic carboxylic acids is 2. The third kappa shape index (κ3) is 12.0. The molecule has 2 fully saturated rings. The minimum atomic E-state index is -5.08. The van der Waals surface area contributed by atoms with Gasteiger partial charge in [-0.05, 0) is 39.1 Å². The van der Waals surface area contributed by atoms with E-state index in [0.717, 1.165) is 57.8 Å². The zero-order valence-electron chi connectivity index (χ0n) is 20.8. The van der Waals surface area contributed by atoms with Crippen molar-refractivity contribution in [2.75, 3.05) is 53.4 Å². The standard InChI is InChI=1S/C18H28N4O2.2C2HF3O2/c1-20(2)11-12-22-15-18(24-14-17(22)23)6-9-21(10-7-18)13-16-5-3-4-8-19-16;2*3-2(4,5)1(6)7/h3-5,8H,6-7,9-15H2,1-2H3;2*(H,6,7). The fourth-order valence-electron chi connectivity index (χ4n) is 3.45. The molecule has 2 aliphatic rings. The number of hydrogen-bond acceptors (Lipinski definition) is 7. The Labute approximate surface area is 214 Å². The Bertz CT molecular complexity index is 882. The average molecular weight is 560 g/mol. The molecule has 0 aliphatic carbocycles. The van der Waals surface area contributed by atoms with Crippen LogP contribution >= 0.6 is 0 Å². The third-order valence-electron chi connectivity index (χ3n) is 5.51. The number of carboxylic acids is 2. The van der Waals surface area contributed by atoms with E-state index in [4.69, 9.17) is 24.5 Å². The second-order valence-corrected chi connectivity index (χ2v) is 8.79. The first-order valence-corrected chi connectivity index (χ1v) is 11.2. The summed E-state index contributed by atoms with van der Waals surface area (Å²) in [5.74, 6) is -5.39. The summed E-state index contributed by atoms with van der Waals surface area (Å²) in [7, 11) is 4.08. The molecule has 0 saturated carbocycles. The number of likely N-dealkylation sites (N-methyl/N-ethyl adjacent to an activating group) is 1. The van der Waals surface area contributed by atoms with Crippen LogP contribution < -0.4 is 0 Å². The Morgan fingerprint density at radius 3 is 2.00 bits per heavy atom. The monoisotopic (exact) mass is 560 g/mol. The fraction of sp³-hybridized carbons (Fsp3) is 0.636. The number of hydrogen-bond donors (Lipinski definition) is 2. The summed E-state index contributed by atoms with van der Waals surface area (Å²) < 4.78 is 69.5. The molecule has 2 N–H and O–H groups in total. The van der Waals surface area contributed by atoms with E-state index in [1.54, 1.807) is 0 Å². The molecule has 1 aromatic heterocycles. The number of likely N-dealkylation sites (tertiary alicyclic amines) is 1. The molecule has 16 heteroatoms. The second-order valence-electron chi connectivity index (χ2n) is 8.79. The van der Waals surface area contributed by atoms with E-state index in [2.05, 4.69) is 20.9 Å². The van der Waals surface area contributed by atoms with E-state index >= 15 is 0 Å². The third-order valence-corrected chi connectivity index (χ3v) is 5.51. The average Bonchev–Trinajstić information content (AvgIpc) is 2.81. The molecule has 1 aromatic rings. The summed E-state index contributed by atoms with van der Waals surface area (Å²) in [4.78, 5) is 40.8. The van der Waals surface area contributed by atoms with Crippen molar-refractivity contribution < 1.29 is 55.7 Å². The molecule has 10 nitrogen and oxygen atoms in total. The number of pyridine rings is 1. The fourth-order valence-corrected chi connectivity index (χ4v) is 3.45. The molecule has 0 unspecified atom stereocenters. The number of alkyl halides is 6. The maximum atomic E-state index is 12.1. The molecule has 0 aromatic carbocycles. The summed E-state index contributed by atoms with van der Waals surface area (Å²) in [6.07, 6.45) is -6.36.